The highest BCUT2D eigenvalue weighted by molar-refractivity contribution is 5.30. The molecule has 124 valence electrons. The summed E-state index contributed by atoms with van der Waals surface area (Å²) in [5.74, 6) is 0. The smallest absolute Gasteiger partial charge is 0.322 e. The number of hydrogen-bond donors (Lipinski definition) is 1. The standard InChI is InChI=1S/C15H12F6N2/c16-14(17,18)10-4-1-3-9(7-10)8-12(22)13-11(15(19,20)21)5-2-6-23-13/h1-7,12H,8,22H2. The van der Waals surface area contributed by atoms with E-state index in [0.717, 1.165) is 30.5 Å². The monoisotopic (exact) mass is 334 g/mol. The molecule has 0 amide bonds. The number of benzene rings is 1. The van der Waals surface area contributed by atoms with E-state index < -0.39 is 35.2 Å². The molecule has 0 saturated carbocycles. The Labute approximate surface area is 128 Å². The fourth-order valence-electron chi connectivity index (χ4n) is 2.18. The van der Waals surface area contributed by atoms with Gasteiger partial charge in [0.1, 0.15) is 0 Å². The lowest BCUT2D eigenvalue weighted by Crippen LogP contribution is -2.21. The highest BCUT2D eigenvalue weighted by atomic mass is 19.4. The topological polar surface area (TPSA) is 38.9 Å². The molecule has 0 saturated heterocycles. The first-order valence-electron chi connectivity index (χ1n) is 6.53. The van der Waals surface area contributed by atoms with E-state index in [4.69, 9.17) is 5.73 Å². The Morgan fingerprint density at radius 2 is 1.65 bits per heavy atom. The molecule has 2 nitrogen and oxygen atoms in total. The second-order valence-corrected chi connectivity index (χ2v) is 4.94. The van der Waals surface area contributed by atoms with Crippen molar-refractivity contribution < 1.29 is 26.3 Å². The quantitative estimate of drug-likeness (QED) is 0.847. The number of halogens is 6. The zero-order valence-electron chi connectivity index (χ0n) is 11.6. The average molecular weight is 334 g/mol. The van der Waals surface area contributed by atoms with Crippen molar-refractivity contribution in [3.05, 3.63) is 65.0 Å². The van der Waals surface area contributed by atoms with E-state index in [0.29, 0.717) is 0 Å². The largest absolute Gasteiger partial charge is 0.418 e. The van der Waals surface area contributed by atoms with Crippen LogP contribution in [0.5, 0.6) is 0 Å². The minimum atomic E-state index is -4.63. The second-order valence-electron chi connectivity index (χ2n) is 4.94. The fourth-order valence-corrected chi connectivity index (χ4v) is 2.18. The van der Waals surface area contributed by atoms with Gasteiger partial charge in [0.2, 0.25) is 0 Å². The highest BCUT2D eigenvalue weighted by Crippen LogP contribution is 2.34. The van der Waals surface area contributed by atoms with E-state index in [-0.39, 0.29) is 12.0 Å². The Kier molecular flexibility index (Phi) is 4.65. The van der Waals surface area contributed by atoms with Crippen LogP contribution in [0.4, 0.5) is 26.3 Å². The molecule has 1 aromatic heterocycles. The summed E-state index contributed by atoms with van der Waals surface area (Å²) >= 11 is 0. The van der Waals surface area contributed by atoms with Crippen LogP contribution in [0.3, 0.4) is 0 Å². The van der Waals surface area contributed by atoms with Crippen LogP contribution in [0.15, 0.2) is 42.6 Å². The number of alkyl halides is 6. The lowest BCUT2D eigenvalue weighted by Gasteiger charge is -2.17. The molecule has 0 fully saturated rings. The molecule has 0 aliphatic heterocycles. The molecule has 2 rings (SSSR count). The van der Waals surface area contributed by atoms with Gasteiger partial charge in [-0.25, -0.2) is 0 Å². The van der Waals surface area contributed by atoms with Crippen molar-refractivity contribution in [2.75, 3.05) is 0 Å². The third kappa shape index (κ3) is 4.22. The molecular formula is C15H12F6N2. The molecule has 2 aromatic rings. The first kappa shape index (κ1) is 17.3. The first-order valence-corrected chi connectivity index (χ1v) is 6.53. The molecule has 1 unspecified atom stereocenters. The molecule has 0 bridgehead atoms. The maximum absolute atomic E-state index is 12.9. The van der Waals surface area contributed by atoms with Gasteiger partial charge in [0.05, 0.1) is 22.9 Å². The zero-order chi connectivity index (χ0) is 17.3. The minimum Gasteiger partial charge on any atom is -0.322 e. The van der Waals surface area contributed by atoms with Gasteiger partial charge >= 0.3 is 12.4 Å². The maximum atomic E-state index is 12.9. The molecule has 0 spiro atoms. The van der Waals surface area contributed by atoms with Crippen molar-refractivity contribution in [3.63, 3.8) is 0 Å². The summed E-state index contributed by atoms with van der Waals surface area (Å²) in [6.45, 7) is 0. The van der Waals surface area contributed by atoms with Gasteiger partial charge in [0.25, 0.3) is 0 Å². The van der Waals surface area contributed by atoms with E-state index in [1.165, 1.54) is 12.1 Å². The van der Waals surface area contributed by atoms with Gasteiger partial charge in [-0.2, -0.15) is 26.3 Å². The normalized spacial score (nSPS) is 13.9. The van der Waals surface area contributed by atoms with E-state index in [2.05, 4.69) is 4.98 Å². The lowest BCUT2D eigenvalue weighted by molar-refractivity contribution is -0.139. The van der Waals surface area contributed by atoms with Crippen molar-refractivity contribution in [1.82, 2.24) is 4.98 Å². The summed E-state index contributed by atoms with van der Waals surface area (Å²) in [5.41, 5.74) is 3.67. The number of hydrogen-bond acceptors (Lipinski definition) is 2. The van der Waals surface area contributed by atoms with Crippen molar-refractivity contribution in [3.8, 4) is 0 Å². The summed E-state index contributed by atoms with van der Waals surface area (Å²) in [6, 6.07) is 5.13. The molecule has 0 aliphatic carbocycles. The van der Waals surface area contributed by atoms with E-state index in [9.17, 15) is 26.3 Å². The molecular weight excluding hydrogens is 322 g/mol. The number of nitrogens with zero attached hydrogens (tertiary/aromatic N) is 1. The third-order valence-electron chi connectivity index (χ3n) is 3.21. The second kappa shape index (κ2) is 6.19. The van der Waals surface area contributed by atoms with Gasteiger partial charge in [-0.1, -0.05) is 18.2 Å². The molecule has 23 heavy (non-hydrogen) atoms. The zero-order valence-corrected chi connectivity index (χ0v) is 11.6. The van der Waals surface area contributed by atoms with Crippen molar-refractivity contribution in [1.29, 1.82) is 0 Å². The summed E-state index contributed by atoms with van der Waals surface area (Å²) in [6.07, 6.45) is -8.18. The van der Waals surface area contributed by atoms with Crippen LogP contribution in [0, 0.1) is 0 Å². The van der Waals surface area contributed by atoms with Gasteiger partial charge in [0, 0.05) is 6.20 Å². The average Bonchev–Trinajstić information content (AvgIpc) is 2.46. The predicted molar refractivity (Wildman–Crippen MR) is 71.3 cm³/mol. The van der Waals surface area contributed by atoms with Crippen LogP contribution in [0.1, 0.15) is 28.4 Å². The van der Waals surface area contributed by atoms with E-state index in [1.807, 2.05) is 0 Å². The van der Waals surface area contributed by atoms with Crippen LogP contribution < -0.4 is 5.73 Å². The van der Waals surface area contributed by atoms with Gasteiger partial charge in [-0.3, -0.25) is 4.98 Å². The minimum absolute atomic E-state index is 0.186. The third-order valence-corrected chi connectivity index (χ3v) is 3.21. The number of rotatable bonds is 3. The van der Waals surface area contributed by atoms with Crippen LogP contribution in [-0.2, 0) is 18.8 Å². The SMILES string of the molecule is NC(Cc1cccc(C(F)(F)F)c1)c1ncccc1C(F)(F)F. The maximum Gasteiger partial charge on any atom is 0.418 e. The summed E-state index contributed by atoms with van der Waals surface area (Å²) in [4.78, 5) is 3.65. The predicted octanol–water partition coefficient (Wildman–Crippen LogP) is 4.36. The molecule has 0 aliphatic rings. The first-order chi connectivity index (χ1) is 10.6. The lowest BCUT2D eigenvalue weighted by atomic mass is 9.98. The molecule has 2 N–H and O–H groups in total. The molecule has 8 heteroatoms. The van der Waals surface area contributed by atoms with Gasteiger partial charge < -0.3 is 5.73 Å². The van der Waals surface area contributed by atoms with Gasteiger partial charge in [-0.05, 0) is 30.2 Å². The van der Waals surface area contributed by atoms with Crippen LogP contribution in [0.25, 0.3) is 0 Å². The van der Waals surface area contributed by atoms with Gasteiger partial charge in [-0.15, -0.1) is 0 Å². The number of pyridine rings is 1. The Morgan fingerprint density at radius 3 is 2.26 bits per heavy atom. The number of aromatic nitrogens is 1. The highest BCUT2D eigenvalue weighted by Gasteiger charge is 2.35. The summed E-state index contributed by atoms with van der Waals surface area (Å²) in [7, 11) is 0. The molecule has 1 aromatic carbocycles. The summed E-state index contributed by atoms with van der Waals surface area (Å²) < 4.78 is 76.7. The Bertz CT molecular complexity index is 678. The molecule has 1 heterocycles. The van der Waals surface area contributed by atoms with Crippen molar-refractivity contribution >= 4 is 0 Å². The molecule has 0 radical (unpaired) electrons. The Balaban J connectivity index is 2.29. The summed E-state index contributed by atoms with van der Waals surface area (Å²) in [5, 5.41) is 0. The van der Waals surface area contributed by atoms with Crippen LogP contribution >= 0.6 is 0 Å². The Hall–Kier alpha value is -2.09. The van der Waals surface area contributed by atoms with Crippen LogP contribution in [0.2, 0.25) is 0 Å². The van der Waals surface area contributed by atoms with Crippen molar-refractivity contribution in [2.45, 2.75) is 24.8 Å². The fraction of sp³-hybridized carbons (Fsp3) is 0.267. The van der Waals surface area contributed by atoms with E-state index >= 15 is 0 Å². The number of nitrogens with two attached hydrogens (primary N) is 1. The van der Waals surface area contributed by atoms with Crippen molar-refractivity contribution in [2.24, 2.45) is 5.73 Å². The van der Waals surface area contributed by atoms with Crippen LogP contribution in [-0.4, -0.2) is 4.98 Å². The Morgan fingerprint density at radius 1 is 0.957 bits per heavy atom. The van der Waals surface area contributed by atoms with E-state index in [1.54, 1.807) is 0 Å². The van der Waals surface area contributed by atoms with Gasteiger partial charge in [0.15, 0.2) is 0 Å². The molecule has 1 atom stereocenters.